The zero-order valence-electron chi connectivity index (χ0n) is 11.5. The molecule has 104 valence electrons. The molecule has 4 heteroatoms. The third-order valence-corrected chi connectivity index (χ3v) is 3.63. The van der Waals surface area contributed by atoms with Crippen molar-refractivity contribution in [2.75, 3.05) is 12.8 Å². The SMILES string of the molecule is COC(=O)c1c(N)cccc1OC1CCCC(C)C1. The van der Waals surface area contributed by atoms with Crippen LogP contribution in [-0.2, 0) is 4.74 Å². The first-order valence-electron chi connectivity index (χ1n) is 6.75. The van der Waals surface area contributed by atoms with E-state index in [2.05, 4.69) is 6.92 Å². The minimum absolute atomic E-state index is 0.161. The van der Waals surface area contributed by atoms with E-state index < -0.39 is 5.97 Å². The van der Waals surface area contributed by atoms with Crippen molar-refractivity contribution < 1.29 is 14.3 Å². The number of anilines is 1. The van der Waals surface area contributed by atoms with E-state index in [0.29, 0.717) is 22.9 Å². The van der Waals surface area contributed by atoms with Gasteiger partial charge in [0.05, 0.1) is 13.2 Å². The van der Waals surface area contributed by atoms with Gasteiger partial charge in [-0.1, -0.05) is 19.4 Å². The highest BCUT2D eigenvalue weighted by Gasteiger charge is 2.23. The molecule has 0 spiro atoms. The van der Waals surface area contributed by atoms with Gasteiger partial charge in [-0.15, -0.1) is 0 Å². The van der Waals surface area contributed by atoms with Gasteiger partial charge in [-0.3, -0.25) is 0 Å². The van der Waals surface area contributed by atoms with Gasteiger partial charge in [0.1, 0.15) is 11.3 Å². The van der Waals surface area contributed by atoms with Crippen molar-refractivity contribution in [2.24, 2.45) is 5.92 Å². The van der Waals surface area contributed by atoms with Gasteiger partial charge < -0.3 is 15.2 Å². The fourth-order valence-corrected chi connectivity index (χ4v) is 2.63. The molecule has 0 saturated heterocycles. The first kappa shape index (κ1) is 13.7. The highest BCUT2D eigenvalue weighted by atomic mass is 16.5. The minimum Gasteiger partial charge on any atom is -0.489 e. The van der Waals surface area contributed by atoms with Gasteiger partial charge in [0.25, 0.3) is 0 Å². The maximum atomic E-state index is 11.8. The highest BCUT2D eigenvalue weighted by Crippen LogP contribution is 2.31. The van der Waals surface area contributed by atoms with Crippen molar-refractivity contribution in [1.82, 2.24) is 0 Å². The Hall–Kier alpha value is -1.71. The number of rotatable bonds is 3. The van der Waals surface area contributed by atoms with Crippen LogP contribution in [0.3, 0.4) is 0 Å². The molecule has 0 amide bonds. The lowest BCUT2D eigenvalue weighted by atomic mass is 9.88. The standard InChI is InChI=1S/C15H21NO3/c1-10-5-3-6-11(9-10)19-13-8-4-7-12(16)14(13)15(17)18-2/h4,7-8,10-11H,3,5-6,9,16H2,1-2H3. The Morgan fingerprint density at radius 2 is 2.16 bits per heavy atom. The number of carbonyl (C=O) groups is 1. The van der Waals surface area contributed by atoms with E-state index in [1.54, 1.807) is 18.2 Å². The van der Waals surface area contributed by atoms with Crippen molar-refractivity contribution >= 4 is 11.7 Å². The molecule has 1 aliphatic carbocycles. The summed E-state index contributed by atoms with van der Waals surface area (Å²) in [6.07, 6.45) is 4.63. The van der Waals surface area contributed by atoms with Crippen molar-refractivity contribution in [3.8, 4) is 5.75 Å². The van der Waals surface area contributed by atoms with Gasteiger partial charge in [-0.25, -0.2) is 4.79 Å². The largest absolute Gasteiger partial charge is 0.489 e. The number of benzene rings is 1. The number of hydrogen-bond donors (Lipinski definition) is 1. The van der Waals surface area contributed by atoms with Crippen molar-refractivity contribution in [3.05, 3.63) is 23.8 Å². The summed E-state index contributed by atoms with van der Waals surface area (Å²) in [7, 11) is 1.35. The number of nitrogens with two attached hydrogens (primary N) is 1. The van der Waals surface area contributed by atoms with Gasteiger partial charge >= 0.3 is 5.97 Å². The molecule has 1 saturated carbocycles. The molecule has 0 aromatic heterocycles. The van der Waals surface area contributed by atoms with Gasteiger partial charge in [0, 0.05) is 5.69 Å². The van der Waals surface area contributed by atoms with E-state index >= 15 is 0 Å². The number of carbonyl (C=O) groups excluding carboxylic acids is 1. The summed E-state index contributed by atoms with van der Waals surface area (Å²) in [5, 5.41) is 0. The molecular formula is C15H21NO3. The van der Waals surface area contributed by atoms with Crippen LogP contribution in [0.5, 0.6) is 5.75 Å². The van der Waals surface area contributed by atoms with E-state index in [1.807, 2.05) is 0 Å². The van der Waals surface area contributed by atoms with E-state index in [1.165, 1.54) is 20.0 Å². The van der Waals surface area contributed by atoms with Gasteiger partial charge in [-0.05, 0) is 37.3 Å². The summed E-state index contributed by atoms with van der Waals surface area (Å²) in [5.74, 6) is 0.754. The van der Waals surface area contributed by atoms with Crippen LogP contribution in [0, 0.1) is 5.92 Å². The smallest absolute Gasteiger partial charge is 0.343 e. The molecular weight excluding hydrogens is 242 g/mol. The summed E-state index contributed by atoms with van der Waals surface area (Å²) in [6, 6.07) is 5.26. The normalized spacial score (nSPS) is 22.8. The monoisotopic (exact) mass is 263 g/mol. The second kappa shape index (κ2) is 5.95. The summed E-state index contributed by atoms with van der Waals surface area (Å²) in [5.41, 5.74) is 6.58. The van der Waals surface area contributed by atoms with Crippen LogP contribution in [0.1, 0.15) is 43.0 Å². The van der Waals surface area contributed by atoms with Crippen LogP contribution in [0.4, 0.5) is 5.69 Å². The molecule has 0 heterocycles. The van der Waals surface area contributed by atoms with Gasteiger partial charge in [0.2, 0.25) is 0 Å². The number of esters is 1. The molecule has 19 heavy (non-hydrogen) atoms. The van der Waals surface area contributed by atoms with E-state index in [0.717, 1.165) is 12.8 Å². The maximum absolute atomic E-state index is 11.8. The molecule has 0 aliphatic heterocycles. The Morgan fingerprint density at radius 1 is 1.37 bits per heavy atom. The third kappa shape index (κ3) is 3.19. The lowest BCUT2D eigenvalue weighted by Crippen LogP contribution is -2.25. The predicted octanol–water partition coefficient (Wildman–Crippen LogP) is 3.01. The molecule has 1 fully saturated rings. The van der Waals surface area contributed by atoms with E-state index in [-0.39, 0.29) is 6.10 Å². The second-order valence-corrected chi connectivity index (χ2v) is 5.22. The fourth-order valence-electron chi connectivity index (χ4n) is 2.63. The average Bonchev–Trinajstić information content (AvgIpc) is 2.38. The number of methoxy groups -OCH3 is 1. The third-order valence-electron chi connectivity index (χ3n) is 3.63. The molecule has 0 bridgehead atoms. The summed E-state index contributed by atoms with van der Waals surface area (Å²) in [6.45, 7) is 2.23. The molecule has 4 nitrogen and oxygen atoms in total. The van der Waals surface area contributed by atoms with Crippen LogP contribution in [0.2, 0.25) is 0 Å². The Morgan fingerprint density at radius 3 is 2.84 bits per heavy atom. The Bertz CT molecular complexity index is 459. The Kier molecular flexibility index (Phi) is 4.30. The summed E-state index contributed by atoms with van der Waals surface area (Å²) >= 11 is 0. The Labute approximate surface area is 113 Å². The maximum Gasteiger partial charge on any atom is 0.343 e. The Balaban J connectivity index is 2.19. The van der Waals surface area contributed by atoms with Crippen molar-refractivity contribution in [2.45, 2.75) is 38.7 Å². The van der Waals surface area contributed by atoms with Gasteiger partial charge in [0.15, 0.2) is 0 Å². The predicted molar refractivity (Wildman–Crippen MR) is 74.2 cm³/mol. The van der Waals surface area contributed by atoms with E-state index in [9.17, 15) is 4.79 Å². The number of ether oxygens (including phenoxy) is 2. The first-order valence-corrected chi connectivity index (χ1v) is 6.75. The number of hydrogen-bond acceptors (Lipinski definition) is 4. The molecule has 1 aliphatic rings. The minimum atomic E-state index is -0.447. The highest BCUT2D eigenvalue weighted by molar-refractivity contribution is 5.98. The zero-order chi connectivity index (χ0) is 13.8. The molecule has 1 aromatic carbocycles. The van der Waals surface area contributed by atoms with Crippen LogP contribution in [0.25, 0.3) is 0 Å². The molecule has 2 N–H and O–H groups in total. The molecule has 1 aromatic rings. The quantitative estimate of drug-likeness (QED) is 0.672. The van der Waals surface area contributed by atoms with Crippen LogP contribution in [-0.4, -0.2) is 19.2 Å². The fraction of sp³-hybridized carbons (Fsp3) is 0.533. The van der Waals surface area contributed by atoms with Crippen molar-refractivity contribution in [3.63, 3.8) is 0 Å². The second-order valence-electron chi connectivity index (χ2n) is 5.22. The van der Waals surface area contributed by atoms with Crippen LogP contribution >= 0.6 is 0 Å². The average molecular weight is 263 g/mol. The summed E-state index contributed by atoms with van der Waals surface area (Å²) in [4.78, 5) is 11.8. The molecule has 2 rings (SSSR count). The number of nitrogen functional groups attached to an aromatic ring is 1. The molecule has 2 unspecified atom stereocenters. The molecule has 2 atom stereocenters. The summed E-state index contributed by atoms with van der Waals surface area (Å²) < 4.78 is 10.7. The topological polar surface area (TPSA) is 61.5 Å². The van der Waals surface area contributed by atoms with Crippen LogP contribution in [0.15, 0.2) is 18.2 Å². The zero-order valence-corrected chi connectivity index (χ0v) is 11.5. The van der Waals surface area contributed by atoms with Crippen LogP contribution < -0.4 is 10.5 Å². The van der Waals surface area contributed by atoms with Crippen molar-refractivity contribution in [1.29, 1.82) is 0 Å². The first-order chi connectivity index (χ1) is 9.11. The lowest BCUT2D eigenvalue weighted by Gasteiger charge is -2.28. The van der Waals surface area contributed by atoms with E-state index in [4.69, 9.17) is 15.2 Å². The lowest BCUT2D eigenvalue weighted by molar-refractivity contribution is 0.0589. The van der Waals surface area contributed by atoms with Gasteiger partial charge in [-0.2, -0.15) is 0 Å². The molecule has 0 radical (unpaired) electrons.